The highest BCUT2D eigenvalue weighted by molar-refractivity contribution is 8.01. The highest BCUT2D eigenvalue weighted by Crippen LogP contribution is 2.30. The third kappa shape index (κ3) is 4.80. The molecule has 0 bridgehead atoms. The van der Waals surface area contributed by atoms with Gasteiger partial charge in [-0.2, -0.15) is 0 Å². The van der Waals surface area contributed by atoms with Crippen LogP contribution >= 0.6 is 22.9 Å². The van der Waals surface area contributed by atoms with E-state index in [1.165, 1.54) is 17.3 Å². The van der Waals surface area contributed by atoms with E-state index in [4.69, 9.17) is 16.7 Å². The van der Waals surface area contributed by atoms with Crippen LogP contribution in [0.25, 0.3) is 0 Å². The maximum absolute atomic E-state index is 12.9. The molecular weight excluding hydrogens is 418 g/mol. The standard InChI is InChI=1S/C19H26ClN3O3S2/c1-19(2,25)18-22-11-17(27-18)28(21,26)23-16(24)10-14-9-12(6-7-20)8-13-4-3-5-15(13)14/h8-9,11,25,28H,3-7,10H2,1-2H3,(H3,21,23,24,26). The number of carbonyl (C=O) groups excluding carboxylic acids is 1. The Kier molecular flexibility index (Phi) is 6.26. The van der Waals surface area contributed by atoms with Gasteiger partial charge in [0, 0.05) is 16.2 Å². The Morgan fingerprint density at radius 2 is 2.18 bits per heavy atom. The first kappa shape index (κ1) is 21.4. The molecule has 4 N–H and O–H groups in total. The summed E-state index contributed by atoms with van der Waals surface area (Å²) >= 11 is 6.92. The van der Waals surface area contributed by atoms with Gasteiger partial charge in [-0.3, -0.25) is 14.7 Å². The molecule has 3 rings (SSSR count). The fourth-order valence-electron chi connectivity index (χ4n) is 3.44. The van der Waals surface area contributed by atoms with E-state index in [1.54, 1.807) is 13.8 Å². The molecule has 154 valence electrons. The van der Waals surface area contributed by atoms with E-state index in [1.807, 2.05) is 6.07 Å². The first-order valence-electron chi connectivity index (χ1n) is 9.18. The highest BCUT2D eigenvalue weighted by atomic mass is 35.5. The molecule has 0 saturated heterocycles. The Hall–Kier alpha value is -1.32. The van der Waals surface area contributed by atoms with Gasteiger partial charge in [0.15, 0.2) is 0 Å². The SMILES string of the molecule is CC(C)(O)c1ncc([SH](N)(=O)NC(=O)Cc2cc(CCCl)cc3c2CCC3)s1. The number of thiazole rings is 1. The lowest BCUT2D eigenvalue weighted by molar-refractivity contribution is -0.118. The van der Waals surface area contributed by atoms with Crippen molar-refractivity contribution in [3.63, 3.8) is 0 Å². The van der Waals surface area contributed by atoms with E-state index in [0.29, 0.717) is 10.9 Å². The number of fused-ring (bicyclic) bond motifs is 1. The molecule has 0 radical (unpaired) electrons. The normalized spacial score (nSPS) is 14.8. The lowest BCUT2D eigenvalue weighted by Gasteiger charge is -2.20. The molecule has 0 unspecified atom stereocenters. The average molecular weight is 444 g/mol. The van der Waals surface area contributed by atoms with E-state index in [-0.39, 0.29) is 16.5 Å². The van der Waals surface area contributed by atoms with E-state index < -0.39 is 15.9 Å². The minimum absolute atomic E-state index is 0.122. The minimum Gasteiger partial charge on any atom is -0.383 e. The van der Waals surface area contributed by atoms with E-state index in [2.05, 4.69) is 15.8 Å². The Balaban J connectivity index is 1.77. The van der Waals surface area contributed by atoms with Gasteiger partial charge in [0.05, 0.1) is 12.6 Å². The summed E-state index contributed by atoms with van der Waals surface area (Å²) in [7, 11) is -3.61. The van der Waals surface area contributed by atoms with Crippen molar-refractivity contribution in [2.45, 2.75) is 55.8 Å². The van der Waals surface area contributed by atoms with Crippen LogP contribution in [0, 0.1) is 0 Å². The number of rotatable bonds is 7. The fraction of sp³-hybridized carbons (Fsp3) is 0.474. The van der Waals surface area contributed by atoms with Gasteiger partial charge >= 0.3 is 0 Å². The van der Waals surface area contributed by atoms with Crippen molar-refractivity contribution in [2.24, 2.45) is 5.14 Å². The van der Waals surface area contributed by atoms with E-state index in [9.17, 15) is 14.1 Å². The van der Waals surface area contributed by atoms with Crippen LogP contribution < -0.4 is 9.86 Å². The monoisotopic (exact) mass is 443 g/mol. The number of alkyl halides is 1. The zero-order valence-electron chi connectivity index (χ0n) is 16.0. The summed E-state index contributed by atoms with van der Waals surface area (Å²) in [4.78, 5) is 16.7. The zero-order chi connectivity index (χ0) is 20.5. The molecule has 28 heavy (non-hydrogen) atoms. The third-order valence-electron chi connectivity index (χ3n) is 4.74. The van der Waals surface area contributed by atoms with Gasteiger partial charge < -0.3 is 5.11 Å². The van der Waals surface area contributed by atoms with Crippen molar-refractivity contribution in [2.75, 3.05) is 5.88 Å². The molecule has 1 aliphatic carbocycles. The summed E-state index contributed by atoms with van der Waals surface area (Å²) in [5.74, 6) is 0.137. The van der Waals surface area contributed by atoms with Crippen molar-refractivity contribution in [3.05, 3.63) is 45.6 Å². The number of benzene rings is 1. The van der Waals surface area contributed by atoms with Crippen molar-refractivity contribution >= 4 is 39.1 Å². The highest BCUT2D eigenvalue weighted by Gasteiger charge is 2.25. The zero-order valence-corrected chi connectivity index (χ0v) is 18.5. The summed E-state index contributed by atoms with van der Waals surface area (Å²) in [6.07, 6.45) is 5.26. The maximum atomic E-state index is 12.9. The van der Waals surface area contributed by atoms with Gasteiger partial charge in [-0.15, -0.1) is 22.9 Å². The van der Waals surface area contributed by atoms with Crippen LogP contribution in [-0.4, -0.2) is 26.1 Å². The van der Waals surface area contributed by atoms with Crippen LogP contribution in [0.1, 0.15) is 47.5 Å². The topological polar surface area (TPSA) is 105 Å². The molecule has 2 aromatic rings. The fourth-order valence-corrected chi connectivity index (χ4v) is 6.04. The summed E-state index contributed by atoms with van der Waals surface area (Å²) in [6.45, 7) is 3.17. The molecule has 0 saturated carbocycles. The van der Waals surface area contributed by atoms with Gasteiger partial charge in [-0.05, 0) is 61.8 Å². The van der Waals surface area contributed by atoms with Gasteiger partial charge in [0.2, 0.25) is 5.91 Å². The molecule has 1 aromatic carbocycles. The molecule has 0 spiro atoms. The third-order valence-corrected chi connectivity index (χ3v) is 8.48. The van der Waals surface area contributed by atoms with Gasteiger partial charge in [-0.1, -0.05) is 12.1 Å². The number of amides is 1. The Morgan fingerprint density at radius 1 is 1.43 bits per heavy atom. The largest absolute Gasteiger partial charge is 0.383 e. The molecule has 1 heterocycles. The van der Waals surface area contributed by atoms with Crippen molar-refractivity contribution in [3.8, 4) is 0 Å². The van der Waals surface area contributed by atoms with Crippen LogP contribution in [0.2, 0.25) is 0 Å². The lowest BCUT2D eigenvalue weighted by Crippen LogP contribution is -2.43. The molecule has 1 aromatic heterocycles. The van der Waals surface area contributed by atoms with Crippen LogP contribution in [0.4, 0.5) is 0 Å². The number of aromatic nitrogens is 1. The van der Waals surface area contributed by atoms with E-state index in [0.717, 1.165) is 48.1 Å². The number of aryl methyl sites for hydroxylation is 2. The van der Waals surface area contributed by atoms with Crippen molar-refractivity contribution in [1.29, 1.82) is 0 Å². The van der Waals surface area contributed by atoms with E-state index >= 15 is 0 Å². The van der Waals surface area contributed by atoms with Crippen LogP contribution in [0.3, 0.4) is 0 Å². The van der Waals surface area contributed by atoms with Gasteiger partial charge in [-0.25, -0.2) is 9.19 Å². The molecule has 0 aliphatic heterocycles. The maximum Gasteiger partial charge on any atom is 0.235 e. The van der Waals surface area contributed by atoms with Crippen molar-refractivity contribution < 1.29 is 14.1 Å². The number of halogens is 1. The molecule has 1 aliphatic rings. The average Bonchev–Trinajstić information content (AvgIpc) is 3.24. The number of thiol groups is 1. The summed E-state index contributed by atoms with van der Waals surface area (Å²) in [5.41, 5.74) is 3.40. The minimum atomic E-state index is -3.61. The molecule has 6 nitrogen and oxygen atoms in total. The smallest absolute Gasteiger partial charge is 0.235 e. The van der Waals surface area contributed by atoms with Gasteiger partial charge in [0.1, 0.15) is 14.8 Å². The summed E-state index contributed by atoms with van der Waals surface area (Å²) < 4.78 is 15.6. The van der Waals surface area contributed by atoms with Crippen LogP contribution in [0.5, 0.6) is 0 Å². The van der Waals surface area contributed by atoms with Gasteiger partial charge in [0.25, 0.3) is 0 Å². The first-order valence-corrected chi connectivity index (χ1v) is 12.3. The molecule has 1 amide bonds. The predicted octanol–water partition coefficient (Wildman–Crippen LogP) is 2.16. The number of carbonyl (C=O) groups is 1. The number of aliphatic hydroxyl groups is 1. The molecular formula is C19H26ClN3O3S2. The second-order valence-electron chi connectivity index (χ2n) is 7.62. The number of nitrogens with zero attached hydrogens (tertiary/aromatic N) is 1. The Labute approximate surface area is 175 Å². The molecule has 0 fully saturated rings. The Morgan fingerprint density at radius 3 is 2.82 bits per heavy atom. The summed E-state index contributed by atoms with van der Waals surface area (Å²) in [5, 5.41) is 16.4. The molecule has 0 atom stereocenters. The van der Waals surface area contributed by atoms with Crippen molar-refractivity contribution in [1.82, 2.24) is 9.71 Å². The number of hydrogen-bond donors (Lipinski definition) is 4. The van der Waals surface area contributed by atoms with Crippen LogP contribution in [0.15, 0.2) is 22.5 Å². The number of nitrogens with one attached hydrogen (secondary N) is 1. The first-order chi connectivity index (χ1) is 13.1. The number of nitrogens with two attached hydrogens (primary N) is 1. The summed E-state index contributed by atoms with van der Waals surface area (Å²) in [6, 6.07) is 4.20. The molecule has 9 heteroatoms. The predicted molar refractivity (Wildman–Crippen MR) is 114 cm³/mol. The lowest BCUT2D eigenvalue weighted by atomic mass is 9.96. The second-order valence-corrected chi connectivity index (χ2v) is 11.4. The Bertz CT molecular complexity index is 937. The van der Waals surface area contributed by atoms with Crippen LogP contribution in [-0.2, 0) is 46.4 Å². The number of hydrogen-bond acceptors (Lipinski definition) is 5. The quantitative estimate of drug-likeness (QED) is 0.388. The second kappa shape index (κ2) is 8.20.